The van der Waals surface area contributed by atoms with Crippen molar-refractivity contribution in [2.75, 3.05) is 6.61 Å². The van der Waals surface area contributed by atoms with Crippen LogP contribution in [0.5, 0.6) is 5.75 Å². The highest BCUT2D eigenvalue weighted by atomic mass is 16.7. The van der Waals surface area contributed by atoms with Gasteiger partial charge in [-0.3, -0.25) is 0 Å². The van der Waals surface area contributed by atoms with Crippen LogP contribution in [0.2, 0.25) is 0 Å². The molecule has 0 bridgehead atoms. The summed E-state index contributed by atoms with van der Waals surface area (Å²) in [5.41, 5.74) is 6.82. The molecule has 0 spiro atoms. The smallest absolute Gasteiger partial charge is 0.200 e. The van der Waals surface area contributed by atoms with E-state index in [9.17, 15) is 0 Å². The lowest BCUT2D eigenvalue weighted by atomic mass is 9.87. The Morgan fingerprint density at radius 2 is 1.42 bits per heavy atom. The predicted molar refractivity (Wildman–Crippen MR) is 136 cm³/mol. The summed E-state index contributed by atoms with van der Waals surface area (Å²) in [5.74, 6) is 2.01. The fraction of sp³-hybridized carbons (Fsp3) is 0.419. The molecular formula is C31H36O2. The maximum atomic E-state index is 6.48. The minimum atomic E-state index is -0.259. The molecule has 2 nitrogen and oxygen atoms in total. The van der Waals surface area contributed by atoms with Crippen LogP contribution < -0.4 is 4.74 Å². The van der Waals surface area contributed by atoms with Crippen LogP contribution in [0.1, 0.15) is 74.5 Å². The maximum Gasteiger partial charge on any atom is 0.200 e. The van der Waals surface area contributed by atoms with E-state index in [4.69, 9.17) is 9.47 Å². The predicted octanol–water partition coefficient (Wildman–Crippen LogP) is 8.14. The highest BCUT2D eigenvalue weighted by Gasteiger charge is 2.31. The van der Waals surface area contributed by atoms with E-state index in [1.54, 1.807) is 0 Å². The van der Waals surface area contributed by atoms with E-state index in [0.717, 1.165) is 37.5 Å². The Bertz CT molecular complexity index is 987. The molecule has 1 saturated carbocycles. The molecule has 0 amide bonds. The summed E-state index contributed by atoms with van der Waals surface area (Å²) in [6.07, 6.45) is 9.63. The van der Waals surface area contributed by atoms with Gasteiger partial charge in [-0.05, 0) is 58.7 Å². The molecule has 0 heterocycles. The highest BCUT2D eigenvalue weighted by Crippen LogP contribution is 2.47. The van der Waals surface area contributed by atoms with E-state index < -0.39 is 0 Å². The van der Waals surface area contributed by atoms with Crippen molar-refractivity contribution in [3.05, 3.63) is 89.5 Å². The number of hydrogen-bond acceptors (Lipinski definition) is 2. The van der Waals surface area contributed by atoms with Crippen molar-refractivity contribution < 1.29 is 9.47 Å². The van der Waals surface area contributed by atoms with Gasteiger partial charge in [0.15, 0.2) is 0 Å². The third kappa shape index (κ3) is 5.17. The fourth-order valence-corrected chi connectivity index (χ4v) is 5.65. The largest absolute Gasteiger partial charge is 0.465 e. The average Bonchev–Trinajstić information content (AvgIpc) is 3.19. The van der Waals surface area contributed by atoms with Crippen LogP contribution >= 0.6 is 0 Å². The van der Waals surface area contributed by atoms with Crippen molar-refractivity contribution in [3.63, 3.8) is 0 Å². The van der Waals surface area contributed by atoms with Gasteiger partial charge in [-0.25, -0.2) is 0 Å². The molecular weight excluding hydrogens is 404 g/mol. The number of rotatable bonds is 9. The van der Waals surface area contributed by atoms with E-state index >= 15 is 0 Å². The SMILES string of the molecule is CCc1ccc(OC(CC2c3ccccc3-c3ccccc32)OCCC2CCCCC2)cc1. The van der Waals surface area contributed by atoms with Crippen molar-refractivity contribution in [2.45, 2.75) is 70.5 Å². The van der Waals surface area contributed by atoms with Crippen LogP contribution in [-0.2, 0) is 11.2 Å². The molecule has 3 aromatic carbocycles. The molecule has 5 rings (SSSR count). The second-order valence-corrected chi connectivity index (χ2v) is 9.67. The molecule has 0 aliphatic heterocycles. The first kappa shape index (κ1) is 22.2. The third-order valence-electron chi connectivity index (χ3n) is 7.54. The lowest BCUT2D eigenvalue weighted by molar-refractivity contribution is -0.0902. The zero-order valence-corrected chi connectivity index (χ0v) is 19.8. The van der Waals surface area contributed by atoms with E-state index in [1.165, 1.54) is 59.9 Å². The third-order valence-corrected chi connectivity index (χ3v) is 7.54. The fourth-order valence-electron chi connectivity index (χ4n) is 5.65. The Labute approximate surface area is 199 Å². The zero-order chi connectivity index (χ0) is 22.5. The van der Waals surface area contributed by atoms with Gasteiger partial charge in [-0.1, -0.05) is 99.7 Å². The van der Waals surface area contributed by atoms with E-state index in [2.05, 4.69) is 79.7 Å². The summed E-state index contributed by atoms with van der Waals surface area (Å²) in [4.78, 5) is 0. The average molecular weight is 441 g/mol. The van der Waals surface area contributed by atoms with Crippen molar-refractivity contribution in [2.24, 2.45) is 5.92 Å². The van der Waals surface area contributed by atoms with Gasteiger partial charge in [0.25, 0.3) is 0 Å². The summed E-state index contributed by atoms with van der Waals surface area (Å²) < 4.78 is 12.9. The minimum Gasteiger partial charge on any atom is -0.465 e. The lowest BCUT2D eigenvalue weighted by Crippen LogP contribution is -2.25. The topological polar surface area (TPSA) is 18.5 Å². The van der Waals surface area contributed by atoms with Crippen LogP contribution in [-0.4, -0.2) is 12.9 Å². The first-order chi connectivity index (χ1) is 16.3. The van der Waals surface area contributed by atoms with Gasteiger partial charge in [0.2, 0.25) is 6.29 Å². The minimum absolute atomic E-state index is 0.259. The van der Waals surface area contributed by atoms with E-state index in [1.807, 2.05) is 0 Å². The van der Waals surface area contributed by atoms with Crippen molar-refractivity contribution in [1.29, 1.82) is 0 Å². The molecule has 2 aliphatic carbocycles. The Kier molecular flexibility index (Phi) is 7.12. The van der Waals surface area contributed by atoms with Gasteiger partial charge in [-0.15, -0.1) is 0 Å². The summed E-state index contributed by atoms with van der Waals surface area (Å²) in [6, 6.07) is 26.1. The lowest BCUT2D eigenvalue weighted by Gasteiger charge is -2.26. The standard InChI is InChI=1S/C31H36O2/c1-2-23-16-18-25(19-17-23)33-31(32-21-20-24-10-4-3-5-11-24)22-30-28-14-8-6-12-26(28)27-13-7-9-15-29(27)30/h6-9,12-19,24,30-31H,2-5,10-11,20-22H2,1H3. The van der Waals surface area contributed by atoms with Crippen LogP contribution in [0, 0.1) is 5.92 Å². The maximum absolute atomic E-state index is 6.48. The molecule has 0 N–H and O–H groups in total. The molecule has 0 radical (unpaired) electrons. The van der Waals surface area contributed by atoms with Gasteiger partial charge in [0, 0.05) is 12.3 Å². The second kappa shape index (κ2) is 10.6. The van der Waals surface area contributed by atoms with Crippen LogP contribution in [0.3, 0.4) is 0 Å². The molecule has 0 aromatic heterocycles. The van der Waals surface area contributed by atoms with Gasteiger partial charge in [0.1, 0.15) is 5.75 Å². The zero-order valence-electron chi connectivity index (χ0n) is 19.8. The first-order valence-corrected chi connectivity index (χ1v) is 12.9. The molecule has 1 fully saturated rings. The number of aryl methyl sites for hydroxylation is 1. The van der Waals surface area contributed by atoms with Crippen molar-refractivity contribution in [3.8, 4) is 16.9 Å². The summed E-state index contributed by atoms with van der Waals surface area (Å²) in [7, 11) is 0. The molecule has 1 atom stereocenters. The summed E-state index contributed by atoms with van der Waals surface area (Å²) in [5, 5.41) is 0. The number of hydrogen-bond donors (Lipinski definition) is 0. The van der Waals surface area contributed by atoms with Gasteiger partial charge in [-0.2, -0.15) is 0 Å². The number of fused-ring (bicyclic) bond motifs is 3. The Balaban J connectivity index is 1.34. The van der Waals surface area contributed by atoms with Crippen molar-refractivity contribution in [1.82, 2.24) is 0 Å². The quantitative estimate of drug-likeness (QED) is 0.313. The Morgan fingerprint density at radius 3 is 2.06 bits per heavy atom. The second-order valence-electron chi connectivity index (χ2n) is 9.67. The number of ether oxygens (including phenoxy) is 2. The molecule has 0 saturated heterocycles. The Hall–Kier alpha value is -2.58. The van der Waals surface area contributed by atoms with Crippen LogP contribution in [0.4, 0.5) is 0 Å². The van der Waals surface area contributed by atoms with Crippen molar-refractivity contribution >= 4 is 0 Å². The number of benzene rings is 3. The first-order valence-electron chi connectivity index (χ1n) is 12.9. The highest BCUT2D eigenvalue weighted by molar-refractivity contribution is 5.78. The molecule has 33 heavy (non-hydrogen) atoms. The van der Waals surface area contributed by atoms with E-state index in [0.29, 0.717) is 5.92 Å². The van der Waals surface area contributed by atoms with Gasteiger partial charge in [0.05, 0.1) is 6.61 Å². The summed E-state index contributed by atoms with van der Waals surface area (Å²) >= 11 is 0. The van der Waals surface area contributed by atoms with Crippen LogP contribution in [0.25, 0.3) is 11.1 Å². The summed E-state index contributed by atoms with van der Waals surface area (Å²) in [6.45, 7) is 2.96. The van der Waals surface area contributed by atoms with E-state index in [-0.39, 0.29) is 6.29 Å². The van der Waals surface area contributed by atoms with Gasteiger partial charge >= 0.3 is 0 Å². The molecule has 3 aromatic rings. The van der Waals surface area contributed by atoms with Gasteiger partial charge < -0.3 is 9.47 Å². The normalized spacial score (nSPS) is 16.9. The Morgan fingerprint density at radius 1 is 0.788 bits per heavy atom. The van der Waals surface area contributed by atoms with Crippen LogP contribution in [0.15, 0.2) is 72.8 Å². The molecule has 1 unspecified atom stereocenters. The molecule has 172 valence electrons. The molecule has 2 heteroatoms. The molecule has 2 aliphatic rings. The monoisotopic (exact) mass is 440 g/mol.